The number of fused-ring (bicyclic) bond motifs is 3. The molecule has 1 fully saturated rings. The van der Waals surface area contributed by atoms with E-state index in [1.165, 1.54) is 22.6 Å². The summed E-state index contributed by atoms with van der Waals surface area (Å²) in [5, 5.41) is 10.9. The van der Waals surface area contributed by atoms with E-state index in [1.54, 1.807) is 29.9 Å². The van der Waals surface area contributed by atoms with Crippen molar-refractivity contribution in [1.29, 1.82) is 0 Å². The maximum absolute atomic E-state index is 13.8. The molecule has 10 heteroatoms. The van der Waals surface area contributed by atoms with Crippen molar-refractivity contribution in [3.63, 3.8) is 0 Å². The Hall–Kier alpha value is -2.82. The van der Waals surface area contributed by atoms with Crippen molar-refractivity contribution in [1.82, 2.24) is 18.9 Å². The molecule has 5 rings (SSSR count). The normalized spacial score (nSPS) is 17.3. The van der Waals surface area contributed by atoms with Gasteiger partial charge in [-0.2, -0.15) is 4.31 Å². The Kier molecular flexibility index (Phi) is 5.46. The molecule has 0 bridgehead atoms. The lowest BCUT2D eigenvalue weighted by atomic mass is 10.0. The lowest BCUT2D eigenvalue weighted by molar-refractivity contribution is -0.0606. The van der Waals surface area contributed by atoms with Gasteiger partial charge in [-0.1, -0.05) is 25.0 Å². The molecule has 0 spiro atoms. The molecular formula is C23H25FN4O4S. The van der Waals surface area contributed by atoms with Gasteiger partial charge in [-0.25, -0.2) is 22.9 Å². The first kappa shape index (κ1) is 22.0. The van der Waals surface area contributed by atoms with Crippen LogP contribution in [0.15, 0.2) is 41.6 Å². The van der Waals surface area contributed by atoms with E-state index in [0.717, 1.165) is 31.2 Å². The first-order valence-electron chi connectivity index (χ1n) is 11.0. The summed E-state index contributed by atoms with van der Waals surface area (Å²) in [4.78, 5) is 16.9. The second-order valence-corrected chi connectivity index (χ2v) is 10.7. The molecule has 3 heterocycles. The monoisotopic (exact) mass is 472 g/mol. The number of halogens is 1. The summed E-state index contributed by atoms with van der Waals surface area (Å²) < 4.78 is 44.2. The molecule has 1 amide bonds. The van der Waals surface area contributed by atoms with Crippen LogP contribution in [-0.2, 0) is 23.0 Å². The molecule has 1 aliphatic carbocycles. The van der Waals surface area contributed by atoms with Gasteiger partial charge in [0, 0.05) is 31.2 Å². The summed E-state index contributed by atoms with van der Waals surface area (Å²) in [5.41, 5.74) is 1.97. The standard InChI is InChI=1S/C23H25FN4O4S/c1-26(17-4-2-3-5-17)33(31,32)20-14-27(13-15-6-8-16(24)9-7-15)19-12-25-22-18(21(19)20)10-11-28(30)23(22)29/h6-9,12,14,17,30H,2-5,10-11,13H2,1H3. The molecule has 3 aromatic rings. The number of pyridine rings is 1. The molecular weight excluding hydrogens is 447 g/mol. The predicted molar refractivity (Wildman–Crippen MR) is 119 cm³/mol. The third-order valence-electron chi connectivity index (χ3n) is 6.76. The molecule has 1 N–H and O–H groups in total. The van der Waals surface area contributed by atoms with Gasteiger partial charge in [-0.3, -0.25) is 10.0 Å². The molecule has 8 nitrogen and oxygen atoms in total. The highest BCUT2D eigenvalue weighted by molar-refractivity contribution is 7.89. The van der Waals surface area contributed by atoms with Crippen LogP contribution in [0, 0.1) is 5.82 Å². The van der Waals surface area contributed by atoms with Gasteiger partial charge in [0.15, 0.2) is 0 Å². The molecule has 174 valence electrons. The number of hydroxylamine groups is 2. The Labute approximate surface area is 191 Å². The summed E-state index contributed by atoms with van der Waals surface area (Å²) in [6.45, 7) is 0.383. The van der Waals surface area contributed by atoms with Crippen molar-refractivity contribution in [2.24, 2.45) is 0 Å². The molecule has 1 aliphatic heterocycles. The van der Waals surface area contributed by atoms with Crippen molar-refractivity contribution >= 4 is 26.8 Å². The molecule has 2 aromatic heterocycles. The summed E-state index contributed by atoms with van der Waals surface area (Å²) in [6.07, 6.45) is 6.99. The SMILES string of the molecule is CN(C1CCCC1)S(=O)(=O)c1cn(Cc2ccc(F)cc2)c2cnc3c(c12)CCN(O)C3=O. The lowest BCUT2D eigenvalue weighted by Crippen LogP contribution is -2.36. The quantitative estimate of drug-likeness (QED) is 0.576. The summed E-state index contributed by atoms with van der Waals surface area (Å²) >= 11 is 0. The summed E-state index contributed by atoms with van der Waals surface area (Å²) in [7, 11) is -2.24. The zero-order valence-corrected chi connectivity index (χ0v) is 19.1. The second-order valence-electron chi connectivity index (χ2n) is 8.73. The molecule has 0 atom stereocenters. The maximum Gasteiger partial charge on any atom is 0.296 e. The van der Waals surface area contributed by atoms with Crippen LogP contribution in [0.4, 0.5) is 4.39 Å². The zero-order chi connectivity index (χ0) is 23.3. The average molecular weight is 473 g/mol. The van der Waals surface area contributed by atoms with E-state index in [-0.39, 0.29) is 35.4 Å². The number of sulfonamides is 1. The topological polar surface area (TPSA) is 95.7 Å². The molecule has 0 radical (unpaired) electrons. The fraction of sp³-hybridized carbons (Fsp3) is 0.391. The Balaban J connectivity index is 1.69. The van der Waals surface area contributed by atoms with Crippen LogP contribution in [0.1, 0.15) is 47.3 Å². The van der Waals surface area contributed by atoms with Gasteiger partial charge >= 0.3 is 0 Å². The van der Waals surface area contributed by atoms with E-state index in [2.05, 4.69) is 4.98 Å². The fourth-order valence-corrected chi connectivity index (χ4v) is 6.57. The van der Waals surface area contributed by atoms with Gasteiger partial charge in [-0.05, 0) is 42.5 Å². The third-order valence-corrected chi connectivity index (χ3v) is 8.68. The minimum atomic E-state index is -3.85. The van der Waals surface area contributed by atoms with Crippen LogP contribution in [0.3, 0.4) is 0 Å². The van der Waals surface area contributed by atoms with Crippen LogP contribution in [0.2, 0.25) is 0 Å². The number of aromatic nitrogens is 2. The summed E-state index contributed by atoms with van der Waals surface area (Å²) in [6, 6.07) is 5.97. The maximum atomic E-state index is 13.8. The van der Waals surface area contributed by atoms with Crippen LogP contribution >= 0.6 is 0 Å². The van der Waals surface area contributed by atoms with E-state index in [4.69, 9.17) is 0 Å². The number of hydrogen-bond acceptors (Lipinski definition) is 5. The molecule has 1 aromatic carbocycles. The van der Waals surface area contributed by atoms with Crippen LogP contribution in [-0.4, -0.2) is 58.1 Å². The van der Waals surface area contributed by atoms with Crippen LogP contribution < -0.4 is 0 Å². The molecule has 2 aliphatic rings. The second kappa shape index (κ2) is 8.19. The lowest BCUT2D eigenvalue weighted by Gasteiger charge is -2.25. The van der Waals surface area contributed by atoms with Crippen molar-refractivity contribution in [3.8, 4) is 0 Å². The molecule has 0 unspecified atom stereocenters. The molecule has 1 saturated carbocycles. The fourth-order valence-electron chi connectivity index (χ4n) is 4.91. The highest BCUT2D eigenvalue weighted by atomic mass is 32.2. The third kappa shape index (κ3) is 3.71. The van der Waals surface area contributed by atoms with Crippen molar-refractivity contribution < 1.29 is 22.8 Å². The van der Waals surface area contributed by atoms with Crippen molar-refractivity contribution in [2.45, 2.75) is 49.6 Å². The van der Waals surface area contributed by atoms with Gasteiger partial charge in [0.2, 0.25) is 10.0 Å². The predicted octanol–water partition coefficient (Wildman–Crippen LogP) is 3.17. The summed E-state index contributed by atoms with van der Waals surface area (Å²) in [5.74, 6) is -0.989. The van der Waals surface area contributed by atoms with Crippen molar-refractivity contribution in [2.75, 3.05) is 13.6 Å². The highest BCUT2D eigenvalue weighted by Gasteiger charge is 2.35. The highest BCUT2D eigenvalue weighted by Crippen LogP contribution is 2.36. The van der Waals surface area contributed by atoms with Crippen LogP contribution in [0.25, 0.3) is 10.9 Å². The van der Waals surface area contributed by atoms with E-state index in [9.17, 15) is 22.8 Å². The Bertz CT molecular complexity index is 1330. The number of carbonyl (C=O) groups is 1. The van der Waals surface area contributed by atoms with Gasteiger partial charge in [0.1, 0.15) is 16.4 Å². The van der Waals surface area contributed by atoms with E-state index in [1.807, 2.05) is 0 Å². The van der Waals surface area contributed by atoms with Crippen LogP contribution in [0.5, 0.6) is 0 Å². The first-order valence-corrected chi connectivity index (χ1v) is 12.5. The Morgan fingerprint density at radius 1 is 1.21 bits per heavy atom. The number of nitrogens with zero attached hydrogens (tertiary/aromatic N) is 4. The van der Waals surface area contributed by atoms with Crippen molar-refractivity contribution in [3.05, 3.63) is 59.3 Å². The smallest absolute Gasteiger partial charge is 0.296 e. The van der Waals surface area contributed by atoms with E-state index in [0.29, 0.717) is 28.1 Å². The molecule has 33 heavy (non-hydrogen) atoms. The number of benzene rings is 1. The van der Waals surface area contributed by atoms with E-state index < -0.39 is 15.9 Å². The molecule has 0 saturated heterocycles. The minimum absolute atomic E-state index is 0.0577. The largest absolute Gasteiger partial charge is 0.340 e. The Morgan fingerprint density at radius 3 is 2.61 bits per heavy atom. The Morgan fingerprint density at radius 2 is 1.91 bits per heavy atom. The van der Waals surface area contributed by atoms with Gasteiger partial charge in [0.25, 0.3) is 5.91 Å². The van der Waals surface area contributed by atoms with Gasteiger partial charge < -0.3 is 4.57 Å². The zero-order valence-electron chi connectivity index (χ0n) is 18.2. The minimum Gasteiger partial charge on any atom is -0.340 e. The van der Waals surface area contributed by atoms with Gasteiger partial charge in [-0.15, -0.1) is 0 Å². The number of amides is 1. The number of rotatable bonds is 5. The first-order chi connectivity index (χ1) is 15.8. The van der Waals surface area contributed by atoms with Gasteiger partial charge in [0.05, 0.1) is 18.3 Å². The van der Waals surface area contributed by atoms with E-state index >= 15 is 0 Å². The number of hydrogen-bond donors (Lipinski definition) is 1. The number of carbonyl (C=O) groups excluding carboxylic acids is 1. The average Bonchev–Trinajstić information content (AvgIpc) is 3.46.